The fraction of sp³-hybridized carbons (Fsp3) is 0.500. The minimum atomic E-state index is 0.171. The molecule has 6 heteroatoms. The van der Waals surface area contributed by atoms with Crippen molar-refractivity contribution in [1.29, 1.82) is 0 Å². The van der Waals surface area contributed by atoms with Gasteiger partial charge >= 0.3 is 0 Å². The van der Waals surface area contributed by atoms with E-state index in [2.05, 4.69) is 54.5 Å². The van der Waals surface area contributed by atoms with Crippen LogP contribution in [0.25, 0.3) is 5.69 Å². The van der Waals surface area contributed by atoms with Gasteiger partial charge in [0, 0.05) is 17.8 Å². The highest BCUT2D eigenvalue weighted by molar-refractivity contribution is 7.99. The van der Waals surface area contributed by atoms with Crippen LogP contribution in [-0.2, 0) is 6.54 Å². The quantitative estimate of drug-likeness (QED) is 0.818. The van der Waals surface area contributed by atoms with E-state index in [0.29, 0.717) is 6.54 Å². The van der Waals surface area contributed by atoms with Crippen LogP contribution in [0.15, 0.2) is 24.4 Å². The van der Waals surface area contributed by atoms with Crippen LogP contribution in [-0.4, -0.2) is 44.3 Å². The number of hydrogen-bond donors (Lipinski definition) is 2. The summed E-state index contributed by atoms with van der Waals surface area (Å²) in [6, 6.07) is 6.49. The molecule has 2 unspecified atom stereocenters. The lowest BCUT2D eigenvalue weighted by atomic mass is 10.1. The number of aliphatic hydroxyl groups excluding tert-OH is 1. The molecule has 0 bridgehead atoms. The molecule has 2 rings (SSSR count). The zero-order valence-electron chi connectivity index (χ0n) is 13.6. The molecule has 0 saturated carbocycles. The predicted molar refractivity (Wildman–Crippen MR) is 91.5 cm³/mol. The largest absolute Gasteiger partial charge is 0.395 e. The maximum atomic E-state index is 9.31. The Morgan fingerprint density at radius 3 is 2.55 bits per heavy atom. The van der Waals surface area contributed by atoms with Crippen molar-refractivity contribution < 1.29 is 5.11 Å². The lowest BCUT2D eigenvalue weighted by Crippen LogP contribution is -2.37. The average molecular weight is 320 g/mol. The summed E-state index contributed by atoms with van der Waals surface area (Å²) < 4.78 is 0. The summed E-state index contributed by atoms with van der Waals surface area (Å²) in [6.45, 7) is 7.03. The highest BCUT2D eigenvalue weighted by Gasteiger charge is 2.15. The van der Waals surface area contributed by atoms with E-state index in [9.17, 15) is 5.11 Å². The first-order valence-electron chi connectivity index (χ1n) is 7.40. The Kier molecular flexibility index (Phi) is 5.99. The fourth-order valence-electron chi connectivity index (χ4n) is 2.40. The van der Waals surface area contributed by atoms with Crippen LogP contribution in [0.2, 0.25) is 0 Å². The van der Waals surface area contributed by atoms with E-state index in [1.165, 1.54) is 11.1 Å². The van der Waals surface area contributed by atoms with Gasteiger partial charge in [0.1, 0.15) is 0 Å². The third-order valence-corrected chi connectivity index (χ3v) is 4.79. The first-order valence-corrected chi connectivity index (χ1v) is 8.69. The Labute approximate surface area is 136 Å². The summed E-state index contributed by atoms with van der Waals surface area (Å²) in [5.41, 5.74) is 4.27. The molecule has 0 aliphatic rings. The van der Waals surface area contributed by atoms with Gasteiger partial charge in [0.15, 0.2) is 0 Å². The highest BCUT2D eigenvalue weighted by Crippen LogP contribution is 2.13. The van der Waals surface area contributed by atoms with Gasteiger partial charge in [-0.05, 0) is 50.3 Å². The van der Waals surface area contributed by atoms with Crippen molar-refractivity contribution in [2.24, 2.45) is 0 Å². The van der Waals surface area contributed by atoms with E-state index in [1.807, 2.05) is 6.26 Å². The first-order chi connectivity index (χ1) is 10.5. The van der Waals surface area contributed by atoms with Crippen LogP contribution < -0.4 is 5.32 Å². The molecular weight excluding hydrogens is 296 g/mol. The number of rotatable bonds is 7. The van der Waals surface area contributed by atoms with Crippen LogP contribution in [0, 0.1) is 13.8 Å². The summed E-state index contributed by atoms with van der Waals surface area (Å²) >= 11 is 1.66. The van der Waals surface area contributed by atoms with E-state index in [4.69, 9.17) is 0 Å². The number of aryl methyl sites for hydroxylation is 2. The molecule has 2 N–H and O–H groups in total. The van der Waals surface area contributed by atoms with Gasteiger partial charge in [0.2, 0.25) is 0 Å². The molecule has 2 aromatic rings. The van der Waals surface area contributed by atoms with Gasteiger partial charge in [-0.25, -0.2) is 0 Å². The summed E-state index contributed by atoms with van der Waals surface area (Å²) in [4.78, 5) is 1.67. The molecule has 0 aliphatic carbocycles. The highest BCUT2D eigenvalue weighted by atomic mass is 32.2. The Morgan fingerprint density at radius 2 is 1.95 bits per heavy atom. The van der Waals surface area contributed by atoms with E-state index in [-0.39, 0.29) is 17.9 Å². The lowest BCUT2D eigenvalue weighted by Gasteiger charge is -2.20. The SMILES string of the molecule is CSC(CO)C(C)NCc1cnn(-c2cc(C)cc(C)c2)n1. The Morgan fingerprint density at radius 1 is 1.27 bits per heavy atom. The molecule has 120 valence electrons. The molecule has 0 amide bonds. The molecule has 1 aromatic carbocycles. The monoisotopic (exact) mass is 320 g/mol. The summed E-state index contributed by atoms with van der Waals surface area (Å²) in [7, 11) is 0. The van der Waals surface area contributed by atoms with Gasteiger partial charge in [-0.2, -0.15) is 26.8 Å². The molecular formula is C16H24N4OS. The molecule has 1 heterocycles. The third-order valence-electron chi connectivity index (χ3n) is 3.62. The second-order valence-electron chi connectivity index (χ2n) is 5.60. The van der Waals surface area contributed by atoms with Crippen molar-refractivity contribution in [2.45, 2.75) is 38.6 Å². The molecule has 22 heavy (non-hydrogen) atoms. The number of hydrogen-bond acceptors (Lipinski definition) is 5. The number of nitrogens with one attached hydrogen (secondary N) is 1. The number of thioether (sulfide) groups is 1. The molecule has 0 fully saturated rings. The van der Waals surface area contributed by atoms with E-state index >= 15 is 0 Å². The van der Waals surface area contributed by atoms with Crippen LogP contribution in [0.5, 0.6) is 0 Å². The molecule has 2 atom stereocenters. The van der Waals surface area contributed by atoms with Gasteiger partial charge in [-0.1, -0.05) is 6.07 Å². The van der Waals surface area contributed by atoms with Crippen LogP contribution in [0.1, 0.15) is 23.7 Å². The van der Waals surface area contributed by atoms with Crippen molar-refractivity contribution >= 4 is 11.8 Å². The maximum Gasteiger partial charge on any atom is 0.0969 e. The normalized spacial score (nSPS) is 14.0. The van der Waals surface area contributed by atoms with E-state index in [0.717, 1.165) is 11.4 Å². The third kappa shape index (κ3) is 4.32. The molecule has 0 radical (unpaired) electrons. The van der Waals surface area contributed by atoms with Crippen molar-refractivity contribution in [1.82, 2.24) is 20.3 Å². The number of aromatic nitrogens is 3. The Balaban J connectivity index is 2.02. The fourth-order valence-corrected chi connectivity index (χ4v) is 3.05. The van der Waals surface area contributed by atoms with Gasteiger partial charge < -0.3 is 10.4 Å². The number of aliphatic hydroxyl groups is 1. The minimum absolute atomic E-state index is 0.171. The van der Waals surface area contributed by atoms with Crippen LogP contribution >= 0.6 is 11.8 Å². The zero-order chi connectivity index (χ0) is 16.1. The summed E-state index contributed by atoms with van der Waals surface area (Å²) in [5.74, 6) is 0. The second-order valence-corrected chi connectivity index (χ2v) is 6.67. The molecule has 0 aliphatic heterocycles. The molecule has 0 spiro atoms. The van der Waals surface area contributed by atoms with Crippen molar-refractivity contribution in [3.05, 3.63) is 41.2 Å². The predicted octanol–water partition coefficient (Wildman–Crippen LogP) is 2.09. The minimum Gasteiger partial charge on any atom is -0.395 e. The van der Waals surface area contributed by atoms with Crippen molar-refractivity contribution in [3.8, 4) is 5.69 Å². The maximum absolute atomic E-state index is 9.31. The Bertz CT molecular complexity index is 590. The molecule has 5 nitrogen and oxygen atoms in total. The van der Waals surface area contributed by atoms with E-state index < -0.39 is 0 Å². The smallest absolute Gasteiger partial charge is 0.0969 e. The van der Waals surface area contributed by atoms with E-state index in [1.54, 1.807) is 22.8 Å². The van der Waals surface area contributed by atoms with Gasteiger partial charge in [-0.3, -0.25) is 0 Å². The summed E-state index contributed by atoms with van der Waals surface area (Å²) in [6.07, 6.45) is 3.79. The van der Waals surface area contributed by atoms with Gasteiger partial charge in [0.05, 0.1) is 24.2 Å². The standard InChI is InChI=1S/C16H24N4OS/c1-11-5-12(2)7-15(6-11)20-18-9-14(19-20)8-17-13(3)16(10-21)22-4/h5-7,9,13,16-17,21H,8,10H2,1-4H3. The van der Waals surface area contributed by atoms with Crippen molar-refractivity contribution in [2.75, 3.05) is 12.9 Å². The molecule has 0 saturated heterocycles. The number of benzene rings is 1. The van der Waals surface area contributed by atoms with Crippen LogP contribution in [0.3, 0.4) is 0 Å². The zero-order valence-corrected chi connectivity index (χ0v) is 14.4. The van der Waals surface area contributed by atoms with Gasteiger partial charge in [0.25, 0.3) is 0 Å². The van der Waals surface area contributed by atoms with Crippen molar-refractivity contribution in [3.63, 3.8) is 0 Å². The lowest BCUT2D eigenvalue weighted by molar-refractivity contribution is 0.275. The van der Waals surface area contributed by atoms with Crippen LogP contribution in [0.4, 0.5) is 0 Å². The topological polar surface area (TPSA) is 63.0 Å². The number of nitrogens with zero attached hydrogens (tertiary/aromatic N) is 3. The van der Waals surface area contributed by atoms with Gasteiger partial charge in [-0.15, -0.1) is 0 Å². The Hall–Kier alpha value is -1.37. The molecule has 1 aromatic heterocycles. The first kappa shape index (κ1) is 17.0. The second kappa shape index (κ2) is 7.76. The summed E-state index contributed by atoms with van der Waals surface area (Å²) in [5, 5.41) is 21.7. The average Bonchev–Trinajstić information content (AvgIpc) is 2.94.